The summed E-state index contributed by atoms with van der Waals surface area (Å²) in [5, 5.41) is 17.0. The molecule has 0 amide bonds. The highest BCUT2D eigenvalue weighted by Crippen LogP contribution is 2.07. The summed E-state index contributed by atoms with van der Waals surface area (Å²) < 4.78 is 0. The molecule has 2 aromatic rings. The fourth-order valence-corrected chi connectivity index (χ4v) is 1.42. The van der Waals surface area contributed by atoms with E-state index in [2.05, 4.69) is 10.9 Å². The first kappa shape index (κ1) is 23.2. The Balaban J connectivity index is 0.000000405. The molecule has 0 saturated carbocycles. The quantitative estimate of drug-likeness (QED) is 0.191. The van der Waals surface area contributed by atoms with E-state index in [9.17, 15) is 14.4 Å². The zero-order chi connectivity index (χ0) is 20.8. The van der Waals surface area contributed by atoms with Gasteiger partial charge in [0.05, 0.1) is 11.1 Å². The topological polar surface area (TPSA) is 185 Å². The van der Waals surface area contributed by atoms with Crippen LogP contribution in [0.3, 0.4) is 0 Å². The Bertz CT molecular complexity index is 702. The van der Waals surface area contributed by atoms with Gasteiger partial charge in [-0.1, -0.05) is 0 Å². The molecule has 0 aliphatic carbocycles. The molecule has 0 unspecified atom stereocenters. The van der Waals surface area contributed by atoms with Crippen LogP contribution in [0.2, 0.25) is 0 Å². The average Bonchev–Trinajstić information content (AvgIpc) is 2.68. The van der Waals surface area contributed by atoms with Gasteiger partial charge < -0.3 is 21.1 Å². The number of carbonyl (C=O) groups excluding carboxylic acids is 2. The summed E-state index contributed by atoms with van der Waals surface area (Å²) in [6.07, 6.45) is 0.278. The van der Waals surface area contributed by atoms with Gasteiger partial charge >= 0.3 is 11.9 Å². The fraction of sp³-hybridized carbons (Fsp3) is 0.0588. The van der Waals surface area contributed by atoms with Gasteiger partial charge in [-0.25, -0.2) is 9.59 Å². The largest absolute Gasteiger partial charge is 0.478 e. The molecule has 10 heteroatoms. The maximum absolute atomic E-state index is 10.3. The van der Waals surface area contributed by atoms with Crippen LogP contribution >= 0.6 is 0 Å². The second-order valence-electron chi connectivity index (χ2n) is 4.78. The Morgan fingerprint density at radius 1 is 0.778 bits per heavy atom. The van der Waals surface area contributed by atoms with Crippen LogP contribution in [-0.2, 0) is 9.59 Å². The number of ketones is 1. The summed E-state index contributed by atoms with van der Waals surface area (Å²) in [5.41, 5.74) is 6.69. The van der Waals surface area contributed by atoms with E-state index < -0.39 is 17.7 Å². The second-order valence-corrected chi connectivity index (χ2v) is 4.78. The highest BCUT2D eigenvalue weighted by molar-refractivity contribution is 6.23. The minimum atomic E-state index is -0.937. The van der Waals surface area contributed by atoms with Gasteiger partial charge in [0.15, 0.2) is 12.1 Å². The summed E-state index contributed by atoms with van der Waals surface area (Å²) in [4.78, 5) is 39.3. The molecule has 0 aliphatic rings. The van der Waals surface area contributed by atoms with Crippen molar-refractivity contribution in [2.24, 2.45) is 11.7 Å². The predicted octanol–water partition coefficient (Wildman–Crippen LogP) is 1.12. The minimum Gasteiger partial charge on any atom is -0.478 e. The minimum absolute atomic E-state index is 0.254. The van der Waals surface area contributed by atoms with E-state index in [0.29, 0.717) is 11.4 Å². The highest BCUT2D eigenvalue weighted by Gasteiger charge is 2.00. The van der Waals surface area contributed by atoms with Crippen LogP contribution in [0.1, 0.15) is 27.6 Å². The number of nitrogens with one attached hydrogen (secondary N) is 2. The van der Waals surface area contributed by atoms with E-state index >= 15 is 0 Å². The third-order valence-corrected chi connectivity index (χ3v) is 2.76. The number of Topliss-reactive ketones (excluding diaryl/α,β-unsaturated/α-hetero) is 1. The number of carboxylic acids is 2. The smallest absolute Gasteiger partial charge is 0.335 e. The number of hydrazine groups is 2. The van der Waals surface area contributed by atoms with Gasteiger partial charge in [0.1, 0.15) is 0 Å². The summed E-state index contributed by atoms with van der Waals surface area (Å²) >= 11 is 0. The zero-order valence-electron chi connectivity index (χ0n) is 14.4. The van der Waals surface area contributed by atoms with Crippen LogP contribution in [0.25, 0.3) is 0 Å². The number of hydrogen-bond donors (Lipinski definition) is 6. The SMILES string of the molecule is CC(=O)C=O.NNc1ccc(C(=O)O)cc1.NNc1ccc(C(=O)O)cc1. The third-order valence-electron chi connectivity index (χ3n) is 2.76. The van der Waals surface area contributed by atoms with E-state index in [1.807, 2.05) is 0 Å². The van der Waals surface area contributed by atoms with Crippen LogP contribution in [0.4, 0.5) is 11.4 Å². The van der Waals surface area contributed by atoms with Gasteiger partial charge in [0.2, 0.25) is 0 Å². The van der Waals surface area contributed by atoms with Crippen molar-refractivity contribution in [2.45, 2.75) is 6.92 Å². The summed E-state index contributed by atoms with van der Waals surface area (Å²) in [6.45, 7) is 1.22. The maximum Gasteiger partial charge on any atom is 0.335 e. The fourth-order valence-electron chi connectivity index (χ4n) is 1.42. The first-order valence-electron chi connectivity index (χ1n) is 7.30. The number of aldehydes is 1. The van der Waals surface area contributed by atoms with Crippen LogP contribution in [0.5, 0.6) is 0 Å². The molecule has 0 atom stereocenters. The summed E-state index contributed by atoms with van der Waals surface area (Å²) in [7, 11) is 0. The molecule has 10 nitrogen and oxygen atoms in total. The van der Waals surface area contributed by atoms with Gasteiger partial charge in [0, 0.05) is 18.3 Å². The number of nitrogens with two attached hydrogens (primary N) is 2. The number of nitrogen functional groups attached to an aromatic ring is 2. The summed E-state index contributed by atoms with van der Waals surface area (Å²) in [5.74, 6) is 7.86. The number of hydrogen-bond acceptors (Lipinski definition) is 8. The molecular formula is C17H20N4O6. The molecule has 0 radical (unpaired) electrons. The Morgan fingerprint density at radius 3 is 1.19 bits per heavy atom. The zero-order valence-corrected chi connectivity index (χ0v) is 14.4. The standard InChI is InChI=1S/2C7H8N2O2.C3H4O2/c2*8-9-6-3-1-5(2-4-6)7(10)11;1-3(5)2-4/h2*1-4,9H,8H2,(H,10,11);2H,1H3. The first-order chi connectivity index (χ1) is 12.7. The molecule has 8 N–H and O–H groups in total. The lowest BCUT2D eigenvalue weighted by atomic mass is 10.2. The lowest BCUT2D eigenvalue weighted by molar-refractivity contribution is -0.128. The molecule has 0 bridgehead atoms. The molecular weight excluding hydrogens is 356 g/mol. The molecule has 0 heterocycles. The molecule has 27 heavy (non-hydrogen) atoms. The molecule has 0 fully saturated rings. The van der Waals surface area contributed by atoms with Gasteiger partial charge in [-0.05, 0) is 48.5 Å². The number of carboxylic acid groups (broad SMARTS) is 2. The van der Waals surface area contributed by atoms with Crippen LogP contribution in [0.15, 0.2) is 48.5 Å². The first-order valence-corrected chi connectivity index (χ1v) is 7.30. The van der Waals surface area contributed by atoms with Crippen molar-refractivity contribution < 1.29 is 29.4 Å². The van der Waals surface area contributed by atoms with E-state index in [-0.39, 0.29) is 17.4 Å². The Hall–Kier alpha value is -3.76. The normalized spacial score (nSPS) is 8.70. The molecule has 0 saturated heterocycles. The number of anilines is 2. The highest BCUT2D eigenvalue weighted by atomic mass is 16.4. The number of benzene rings is 2. The van der Waals surface area contributed by atoms with Gasteiger partial charge in [-0.2, -0.15) is 0 Å². The predicted molar refractivity (Wildman–Crippen MR) is 99.2 cm³/mol. The average molecular weight is 376 g/mol. The second kappa shape index (κ2) is 12.6. The van der Waals surface area contributed by atoms with Crippen molar-refractivity contribution in [2.75, 3.05) is 10.9 Å². The molecule has 0 aliphatic heterocycles. The number of aromatic carboxylic acids is 2. The van der Waals surface area contributed by atoms with Crippen molar-refractivity contribution in [3.63, 3.8) is 0 Å². The summed E-state index contributed by atoms with van der Waals surface area (Å²) in [6, 6.07) is 12.3. The molecule has 144 valence electrons. The van der Waals surface area contributed by atoms with Crippen molar-refractivity contribution in [3.8, 4) is 0 Å². The number of carbonyl (C=O) groups is 4. The van der Waals surface area contributed by atoms with E-state index in [1.54, 1.807) is 24.3 Å². The number of rotatable bonds is 5. The maximum atomic E-state index is 10.3. The van der Waals surface area contributed by atoms with Crippen LogP contribution < -0.4 is 22.5 Å². The van der Waals surface area contributed by atoms with Crippen molar-refractivity contribution >= 4 is 35.4 Å². The van der Waals surface area contributed by atoms with Gasteiger partial charge in [-0.15, -0.1) is 0 Å². The molecule has 0 spiro atoms. The van der Waals surface area contributed by atoms with Crippen LogP contribution in [-0.4, -0.2) is 34.2 Å². The van der Waals surface area contributed by atoms with Gasteiger partial charge in [-0.3, -0.25) is 21.3 Å². The van der Waals surface area contributed by atoms with E-state index in [1.165, 1.54) is 31.2 Å². The monoisotopic (exact) mass is 376 g/mol. The van der Waals surface area contributed by atoms with Gasteiger partial charge in [0.25, 0.3) is 0 Å². The third kappa shape index (κ3) is 9.96. The Morgan fingerprint density at radius 2 is 1.04 bits per heavy atom. The van der Waals surface area contributed by atoms with E-state index in [0.717, 1.165) is 0 Å². The Labute approximate surface area is 154 Å². The lowest BCUT2D eigenvalue weighted by Gasteiger charge is -1.98. The van der Waals surface area contributed by atoms with Crippen molar-refractivity contribution in [1.29, 1.82) is 0 Å². The lowest BCUT2D eigenvalue weighted by Crippen LogP contribution is -2.06. The molecule has 0 aromatic heterocycles. The Kier molecular flexibility index (Phi) is 10.8. The van der Waals surface area contributed by atoms with Crippen molar-refractivity contribution in [1.82, 2.24) is 0 Å². The van der Waals surface area contributed by atoms with Crippen molar-refractivity contribution in [3.05, 3.63) is 59.7 Å². The molecule has 2 rings (SSSR count). The molecule has 2 aromatic carbocycles. The van der Waals surface area contributed by atoms with E-state index in [4.69, 9.17) is 26.7 Å². The van der Waals surface area contributed by atoms with Crippen LogP contribution in [0, 0.1) is 0 Å².